The normalized spacial score (nSPS) is 24.1. The maximum Gasteiger partial charge on any atom is 0.0311 e. The third kappa shape index (κ3) is 7.04. The molecule has 1 saturated carbocycles. The van der Waals surface area contributed by atoms with E-state index < -0.39 is 0 Å². The van der Waals surface area contributed by atoms with Gasteiger partial charge in [-0.25, -0.2) is 0 Å². The van der Waals surface area contributed by atoms with Crippen LogP contribution in [0.3, 0.4) is 0 Å². The Bertz CT molecular complexity index is 257. The van der Waals surface area contributed by atoms with E-state index in [0.717, 1.165) is 12.7 Å². The van der Waals surface area contributed by atoms with E-state index >= 15 is 0 Å². The van der Waals surface area contributed by atoms with E-state index in [2.05, 4.69) is 83.8 Å². The fourth-order valence-corrected chi connectivity index (χ4v) is 3.80. The van der Waals surface area contributed by atoms with E-state index in [9.17, 15) is 0 Å². The fourth-order valence-electron chi connectivity index (χ4n) is 2.10. The molecule has 1 aliphatic heterocycles. The van der Waals surface area contributed by atoms with Crippen LogP contribution in [0.25, 0.3) is 0 Å². The van der Waals surface area contributed by atoms with Crippen LogP contribution in [-0.4, -0.2) is 42.2 Å². The molecule has 2 aliphatic rings. The number of rotatable bonds is 1. The number of hydrogen-bond acceptors (Lipinski definition) is 4. The molecule has 1 heterocycles. The molecule has 110 valence electrons. The van der Waals surface area contributed by atoms with E-state index in [4.69, 9.17) is 0 Å². The van der Waals surface area contributed by atoms with Gasteiger partial charge >= 0.3 is 59.6 Å². The molecule has 0 bridgehead atoms. The topological polar surface area (TPSA) is 21.8 Å². The van der Waals surface area contributed by atoms with E-state index in [1.165, 1.54) is 42.7 Å². The first-order chi connectivity index (χ1) is 8.50. The molecule has 0 radical (unpaired) electrons. The summed E-state index contributed by atoms with van der Waals surface area (Å²) >= 11 is 7.05. The van der Waals surface area contributed by atoms with Gasteiger partial charge in [-0.05, 0) is 12.8 Å². The zero-order valence-electron chi connectivity index (χ0n) is 10.9. The Morgan fingerprint density at radius 3 is 2.00 bits per heavy atom. The van der Waals surface area contributed by atoms with E-state index in [-0.39, 0.29) is 0 Å². The van der Waals surface area contributed by atoms with Crippen molar-refractivity contribution in [2.24, 2.45) is 0 Å². The quantitative estimate of drug-likeness (QED) is 0.266. The second kappa shape index (κ2) is 9.73. The van der Waals surface area contributed by atoms with Gasteiger partial charge in [-0.2, -0.15) is 1.33 Å². The number of hydrazine groups is 1. The summed E-state index contributed by atoms with van der Waals surface area (Å²) in [5.41, 5.74) is 3.13. The van der Waals surface area contributed by atoms with Crippen LogP contribution in [0.5, 0.6) is 0 Å². The minimum absolute atomic E-state index is 0.851. The van der Waals surface area contributed by atoms with E-state index in [1.54, 1.807) is 0 Å². The van der Waals surface area contributed by atoms with Crippen LogP contribution in [0, 0.1) is 0 Å². The van der Waals surface area contributed by atoms with Gasteiger partial charge in [0.1, 0.15) is 0 Å². The molecule has 0 amide bonds. The van der Waals surface area contributed by atoms with Crippen molar-refractivity contribution in [3.63, 3.8) is 0 Å². The number of nitrogens with one attached hydrogen (secondary N) is 1. The monoisotopic (exact) mass is 659 g/mol. The van der Waals surface area contributed by atoms with Crippen molar-refractivity contribution in [3.8, 4) is 0 Å². The first-order valence-corrected chi connectivity index (χ1v) is 9.36. The summed E-state index contributed by atoms with van der Waals surface area (Å²) in [5.74, 6) is 0. The zero-order valence-corrected chi connectivity index (χ0v) is 17.5. The Morgan fingerprint density at radius 1 is 1.17 bits per heavy atom. The third-order valence-electron chi connectivity index (χ3n) is 3.11. The molecule has 0 spiro atoms. The SMILES string of the molecule is CN1CN(C)[C](=[Pt])N1.IN(I)C1CCCCCC1. The van der Waals surface area contributed by atoms with Crippen molar-refractivity contribution in [3.05, 3.63) is 0 Å². The second-order valence-electron chi connectivity index (χ2n) is 4.82. The smallest absolute Gasteiger partial charge is 0.0311 e. The van der Waals surface area contributed by atoms with Gasteiger partial charge in [-0.1, -0.05) is 25.7 Å². The molecule has 1 aliphatic carbocycles. The van der Waals surface area contributed by atoms with Crippen molar-refractivity contribution in [1.29, 1.82) is 0 Å². The predicted molar refractivity (Wildman–Crippen MR) is 89.9 cm³/mol. The second-order valence-corrected chi connectivity index (χ2v) is 9.82. The van der Waals surface area contributed by atoms with Gasteiger partial charge in [0, 0.05) is 51.8 Å². The van der Waals surface area contributed by atoms with Gasteiger partial charge in [0.25, 0.3) is 0 Å². The third-order valence-corrected chi connectivity index (χ3v) is 5.81. The average molecular weight is 659 g/mol. The first kappa shape index (κ1) is 17.9. The maximum atomic E-state index is 3.13. The van der Waals surface area contributed by atoms with Gasteiger partial charge < -0.3 is 0 Å². The Labute approximate surface area is 150 Å². The summed E-state index contributed by atoms with van der Waals surface area (Å²) in [4.78, 5) is 2.14. The molecule has 1 saturated heterocycles. The molecular weight excluding hydrogens is 637 g/mol. The van der Waals surface area contributed by atoms with Crippen molar-refractivity contribution in [1.82, 2.24) is 16.7 Å². The Hall–Kier alpha value is 1.86. The van der Waals surface area contributed by atoms with Crippen LogP contribution >= 0.6 is 45.7 Å². The molecule has 18 heavy (non-hydrogen) atoms. The summed E-state index contributed by atoms with van der Waals surface area (Å²) in [6.07, 6.45) is 8.60. The summed E-state index contributed by atoms with van der Waals surface area (Å²) in [5, 5.41) is 2.03. The van der Waals surface area contributed by atoms with Gasteiger partial charge in [-0.15, -0.1) is 0 Å². The molecule has 0 aromatic carbocycles. The molecule has 0 aromatic rings. The van der Waals surface area contributed by atoms with Crippen LogP contribution in [0.2, 0.25) is 0 Å². The number of hydrogen-bond donors (Lipinski definition) is 1. The number of nitrogens with zero attached hydrogens (tertiary/aromatic N) is 3. The molecule has 0 atom stereocenters. The summed E-state index contributed by atoms with van der Waals surface area (Å²) < 4.78 is 3.51. The largest absolute Gasteiger partial charge is 0.185 e. The standard InChI is InChI=1S/C7H13I2N.C4H9N3.Pt/c8-10(9)7-5-3-1-2-4-6-7;1-6-3-5-7(2)4-6;/h7H,1-6H2;5H,4H2,1-2H3;. The van der Waals surface area contributed by atoms with Crippen LogP contribution in [-0.2, 0) is 19.4 Å². The molecule has 2 rings (SSSR count). The van der Waals surface area contributed by atoms with E-state index in [1.807, 2.05) is 12.1 Å². The number of halogens is 2. The predicted octanol–water partition coefficient (Wildman–Crippen LogP) is 2.67. The average Bonchev–Trinajstić information content (AvgIpc) is 2.55. The minimum atomic E-state index is 0.851. The van der Waals surface area contributed by atoms with Gasteiger partial charge in [0.2, 0.25) is 0 Å². The van der Waals surface area contributed by atoms with Crippen LogP contribution in [0.15, 0.2) is 0 Å². The van der Waals surface area contributed by atoms with Crippen molar-refractivity contribution < 1.29 is 19.4 Å². The summed E-state index contributed by atoms with van der Waals surface area (Å²) in [6, 6.07) is 0.851. The fraction of sp³-hybridized carbons (Fsp3) is 0.909. The Morgan fingerprint density at radius 2 is 1.72 bits per heavy atom. The minimum Gasteiger partial charge on any atom is -0.185 e. The molecule has 1 N–H and O–H groups in total. The van der Waals surface area contributed by atoms with Crippen LogP contribution < -0.4 is 5.43 Å². The molecule has 0 aromatic heterocycles. The van der Waals surface area contributed by atoms with E-state index in [0.29, 0.717) is 0 Å². The Kier molecular flexibility index (Phi) is 9.68. The van der Waals surface area contributed by atoms with Crippen molar-refractivity contribution in [2.45, 2.75) is 44.6 Å². The van der Waals surface area contributed by atoms with Gasteiger partial charge in [0.15, 0.2) is 0 Å². The van der Waals surface area contributed by atoms with Crippen LogP contribution in [0.1, 0.15) is 38.5 Å². The summed E-state index contributed by atoms with van der Waals surface area (Å²) in [6.45, 7) is 0.971. The molecule has 7 heteroatoms. The van der Waals surface area contributed by atoms with Gasteiger partial charge in [-0.3, -0.25) is 0 Å². The summed E-state index contributed by atoms with van der Waals surface area (Å²) in [7, 11) is 4.07. The van der Waals surface area contributed by atoms with Crippen molar-refractivity contribution in [2.75, 3.05) is 20.8 Å². The van der Waals surface area contributed by atoms with Crippen LogP contribution in [0.4, 0.5) is 0 Å². The molecule has 0 unspecified atom stereocenters. The van der Waals surface area contributed by atoms with Gasteiger partial charge in [0.05, 0.1) is 0 Å². The Balaban J connectivity index is 0.000000184. The van der Waals surface area contributed by atoms with Crippen molar-refractivity contribution >= 4 is 49.9 Å². The molecular formula is C11H22I2N4Pt. The zero-order chi connectivity index (χ0) is 13.5. The maximum absolute atomic E-state index is 3.13. The molecule has 4 nitrogen and oxygen atoms in total. The first-order valence-electron chi connectivity index (χ1n) is 6.29. The molecule has 2 fully saturated rings.